The fourth-order valence-electron chi connectivity index (χ4n) is 2.72. The molecule has 0 amide bonds. The molecule has 0 aliphatic carbocycles. The number of aliphatic hydroxyl groups excluding tert-OH is 1. The Kier molecular flexibility index (Phi) is 3.77. The Morgan fingerprint density at radius 1 is 1.04 bits per heavy atom. The zero-order valence-electron chi connectivity index (χ0n) is 13.2. The molecule has 2 heterocycles. The molecule has 0 atom stereocenters. The molecule has 0 bridgehead atoms. The van der Waals surface area contributed by atoms with Gasteiger partial charge in [0.15, 0.2) is 11.2 Å². The quantitative estimate of drug-likeness (QED) is 0.545. The molecule has 4 nitrogen and oxygen atoms in total. The third-order valence-electron chi connectivity index (χ3n) is 3.92. The number of fused-ring (bicyclic) bond motifs is 2. The average molecular weight is 327 g/mol. The molecular formula is C21H13NO3. The van der Waals surface area contributed by atoms with Crippen LogP contribution in [0.3, 0.4) is 0 Å². The number of nitrogens with zero attached hydrogens (tertiary/aromatic N) is 1. The molecular weight excluding hydrogens is 314 g/mol. The minimum absolute atomic E-state index is 0.132. The zero-order valence-corrected chi connectivity index (χ0v) is 13.2. The van der Waals surface area contributed by atoms with Crippen molar-refractivity contribution in [2.75, 3.05) is 6.61 Å². The summed E-state index contributed by atoms with van der Waals surface area (Å²) < 4.78 is 5.91. The Balaban J connectivity index is 1.89. The van der Waals surface area contributed by atoms with E-state index >= 15 is 0 Å². The predicted octanol–water partition coefficient (Wildman–Crippen LogP) is 3.35. The molecule has 120 valence electrons. The van der Waals surface area contributed by atoms with Crippen LogP contribution in [0.4, 0.5) is 0 Å². The molecule has 0 aliphatic rings. The number of hydrogen-bond acceptors (Lipinski definition) is 4. The molecule has 0 aliphatic heterocycles. The summed E-state index contributed by atoms with van der Waals surface area (Å²) in [6.07, 6.45) is 1.76. The highest BCUT2D eigenvalue weighted by Crippen LogP contribution is 2.24. The van der Waals surface area contributed by atoms with E-state index in [-0.39, 0.29) is 12.0 Å². The summed E-state index contributed by atoms with van der Waals surface area (Å²) in [5, 5.41) is 11.3. The van der Waals surface area contributed by atoms with Crippen LogP contribution in [0.15, 0.2) is 70.0 Å². The van der Waals surface area contributed by atoms with Gasteiger partial charge < -0.3 is 9.52 Å². The van der Waals surface area contributed by atoms with Gasteiger partial charge >= 0.3 is 0 Å². The van der Waals surface area contributed by atoms with Gasteiger partial charge in [-0.05, 0) is 29.7 Å². The Morgan fingerprint density at radius 2 is 1.88 bits per heavy atom. The van der Waals surface area contributed by atoms with E-state index in [0.29, 0.717) is 28.0 Å². The van der Waals surface area contributed by atoms with Crippen LogP contribution in [0, 0.1) is 11.8 Å². The number of pyridine rings is 1. The van der Waals surface area contributed by atoms with E-state index in [0.717, 1.165) is 10.8 Å². The highest BCUT2D eigenvalue weighted by molar-refractivity contribution is 5.85. The lowest BCUT2D eigenvalue weighted by atomic mass is 10.1. The second kappa shape index (κ2) is 6.23. The van der Waals surface area contributed by atoms with Crippen LogP contribution >= 0.6 is 0 Å². The van der Waals surface area contributed by atoms with E-state index < -0.39 is 0 Å². The summed E-state index contributed by atoms with van der Waals surface area (Å²) in [5.74, 6) is 5.81. The summed E-state index contributed by atoms with van der Waals surface area (Å²) in [6.45, 7) is -0.219. The molecule has 2 aromatic heterocycles. The van der Waals surface area contributed by atoms with E-state index in [1.54, 1.807) is 24.4 Å². The first-order chi connectivity index (χ1) is 12.2. The van der Waals surface area contributed by atoms with Crippen molar-refractivity contribution in [2.24, 2.45) is 0 Å². The zero-order chi connectivity index (χ0) is 17.2. The van der Waals surface area contributed by atoms with Crippen molar-refractivity contribution < 1.29 is 9.52 Å². The largest absolute Gasteiger partial charge is 0.454 e. The van der Waals surface area contributed by atoms with Gasteiger partial charge in [0.25, 0.3) is 0 Å². The minimum atomic E-state index is -0.219. The number of hydrogen-bond donors (Lipinski definition) is 1. The van der Waals surface area contributed by atoms with Gasteiger partial charge in [-0.3, -0.25) is 9.78 Å². The highest BCUT2D eigenvalue weighted by Gasteiger charge is 2.09. The monoisotopic (exact) mass is 327 g/mol. The SMILES string of the molecule is O=c1cc(-c2cc3ccccc3cn2)oc2cc(C#CCO)ccc12. The maximum atomic E-state index is 12.4. The third-order valence-corrected chi connectivity index (χ3v) is 3.92. The van der Waals surface area contributed by atoms with Gasteiger partial charge in [0.05, 0.1) is 5.39 Å². The molecule has 25 heavy (non-hydrogen) atoms. The Morgan fingerprint density at radius 3 is 2.72 bits per heavy atom. The molecule has 4 heteroatoms. The molecule has 0 saturated heterocycles. The van der Waals surface area contributed by atoms with Gasteiger partial charge in [0, 0.05) is 23.2 Å². The Hall–Kier alpha value is -3.42. The number of benzene rings is 2. The topological polar surface area (TPSA) is 63.3 Å². The van der Waals surface area contributed by atoms with Crippen LogP contribution in [0.2, 0.25) is 0 Å². The third kappa shape index (κ3) is 2.89. The lowest BCUT2D eigenvalue weighted by molar-refractivity contribution is 0.350. The first-order valence-electron chi connectivity index (χ1n) is 7.77. The summed E-state index contributed by atoms with van der Waals surface area (Å²) in [6, 6.07) is 16.3. The maximum absolute atomic E-state index is 12.4. The molecule has 0 spiro atoms. The molecule has 2 aromatic carbocycles. The van der Waals surface area contributed by atoms with Crippen molar-refractivity contribution in [1.82, 2.24) is 4.98 Å². The molecule has 4 rings (SSSR count). The lowest BCUT2D eigenvalue weighted by Crippen LogP contribution is -2.01. The van der Waals surface area contributed by atoms with Crippen molar-refractivity contribution in [3.63, 3.8) is 0 Å². The fourth-order valence-corrected chi connectivity index (χ4v) is 2.72. The molecule has 1 N–H and O–H groups in total. The summed E-state index contributed by atoms with van der Waals surface area (Å²) in [7, 11) is 0. The van der Waals surface area contributed by atoms with E-state index in [2.05, 4.69) is 16.8 Å². The van der Waals surface area contributed by atoms with Gasteiger partial charge in [-0.25, -0.2) is 0 Å². The first-order valence-corrected chi connectivity index (χ1v) is 7.77. The van der Waals surface area contributed by atoms with Crippen molar-refractivity contribution in [3.8, 4) is 23.3 Å². The summed E-state index contributed by atoms with van der Waals surface area (Å²) in [5.41, 5.74) is 1.59. The van der Waals surface area contributed by atoms with Gasteiger partial charge in [0.1, 0.15) is 17.9 Å². The Labute approximate surface area is 143 Å². The van der Waals surface area contributed by atoms with Crippen molar-refractivity contribution in [2.45, 2.75) is 0 Å². The van der Waals surface area contributed by atoms with Crippen LogP contribution in [0.5, 0.6) is 0 Å². The van der Waals surface area contributed by atoms with Crippen LogP contribution in [-0.4, -0.2) is 16.7 Å². The van der Waals surface area contributed by atoms with Gasteiger partial charge in [-0.2, -0.15) is 0 Å². The Bertz CT molecular complexity index is 1210. The summed E-state index contributed by atoms with van der Waals surface area (Å²) >= 11 is 0. The van der Waals surface area contributed by atoms with Crippen molar-refractivity contribution >= 4 is 21.7 Å². The van der Waals surface area contributed by atoms with Gasteiger partial charge in [-0.15, -0.1) is 0 Å². The second-order valence-corrected chi connectivity index (χ2v) is 5.56. The maximum Gasteiger partial charge on any atom is 0.193 e. The van der Waals surface area contributed by atoms with Gasteiger partial charge in [-0.1, -0.05) is 36.1 Å². The first kappa shape index (κ1) is 15.1. The highest BCUT2D eigenvalue weighted by atomic mass is 16.3. The number of rotatable bonds is 1. The van der Waals surface area contributed by atoms with Crippen LogP contribution in [0.25, 0.3) is 33.2 Å². The fraction of sp³-hybridized carbons (Fsp3) is 0.0476. The smallest absolute Gasteiger partial charge is 0.193 e. The van der Waals surface area contributed by atoms with Crippen LogP contribution < -0.4 is 5.43 Å². The standard InChI is InChI=1S/C21H13NO3/c23-9-3-4-14-7-8-17-19(24)12-21(25-20(17)10-14)18-11-15-5-1-2-6-16(15)13-22-18/h1-2,5-8,10-13,23H,9H2. The molecule has 0 radical (unpaired) electrons. The van der Waals surface area contributed by atoms with E-state index in [1.807, 2.05) is 30.3 Å². The van der Waals surface area contributed by atoms with Gasteiger partial charge in [0.2, 0.25) is 0 Å². The normalized spacial score (nSPS) is 10.6. The minimum Gasteiger partial charge on any atom is -0.454 e. The van der Waals surface area contributed by atoms with Crippen LogP contribution in [0.1, 0.15) is 5.56 Å². The molecule has 0 unspecified atom stereocenters. The number of aliphatic hydroxyl groups is 1. The van der Waals surface area contributed by atoms with E-state index in [4.69, 9.17) is 9.52 Å². The second-order valence-electron chi connectivity index (χ2n) is 5.56. The molecule has 0 fully saturated rings. The summed E-state index contributed by atoms with van der Waals surface area (Å²) in [4.78, 5) is 16.8. The van der Waals surface area contributed by atoms with Crippen molar-refractivity contribution in [1.29, 1.82) is 0 Å². The van der Waals surface area contributed by atoms with E-state index in [1.165, 1.54) is 6.07 Å². The average Bonchev–Trinajstić information content (AvgIpc) is 2.65. The molecule has 4 aromatic rings. The van der Waals surface area contributed by atoms with E-state index in [9.17, 15) is 4.79 Å². The number of aromatic nitrogens is 1. The van der Waals surface area contributed by atoms with Crippen molar-refractivity contribution in [3.05, 3.63) is 76.6 Å². The predicted molar refractivity (Wildman–Crippen MR) is 97.2 cm³/mol. The molecule has 0 saturated carbocycles. The van der Waals surface area contributed by atoms with Crippen LogP contribution in [-0.2, 0) is 0 Å². The lowest BCUT2D eigenvalue weighted by Gasteiger charge is -2.04.